The van der Waals surface area contributed by atoms with Crippen LogP contribution >= 0.6 is 11.3 Å². The molecule has 3 heteroatoms. The molecule has 0 saturated heterocycles. The highest BCUT2D eigenvalue weighted by molar-refractivity contribution is 7.11. The second-order valence-electron chi connectivity index (χ2n) is 5.97. The SMILES string of the molecule is Cc1sc(C2(CO)CCC2)nc1C(C)(C)C. The van der Waals surface area contributed by atoms with E-state index in [1.54, 1.807) is 11.3 Å². The second kappa shape index (κ2) is 3.81. The van der Waals surface area contributed by atoms with Crippen LogP contribution in [0.3, 0.4) is 0 Å². The molecule has 1 aliphatic rings. The number of aliphatic hydroxyl groups is 1. The Labute approximate surface area is 102 Å². The fraction of sp³-hybridized carbons (Fsp3) is 0.769. The molecule has 0 atom stereocenters. The Morgan fingerprint density at radius 2 is 2.00 bits per heavy atom. The first-order valence-corrected chi connectivity index (χ1v) is 6.80. The lowest BCUT2D eigenvalue weighted by molar-refractivity contribution is 0.119. The summed E-state index contributed by atoms with van der Waals surface area (Å²) in [4.78, 5) is 6.11. The first kappa shape index (κ1) is 12.1. The van der Waals surface area contributed by atoms with Crippen molar-refractivity contribution in [3.05, 3.63) is 15.6 Å². The van der Waals surface area contributed by atoms with Crippen LogP contribution in [0.1, 0.15) is 55.6 Å². The van der Waals surface area contributed by atoms with Gasteiger partial charge in [0.2, 0.25) is 0 Å². The summed E-state index contributed by atoms with van der Waals surface area (Å²) in [6.45, 7) is 9.00. The second-order valence-corrected chi connectivity index (χ2v) is 7.17. The molecule has 1 aliphatic carbocycles. The minimum Gasteiger partial charge on any atom is -0.395 e. The van der Waals surface area contributed by atoms with Gasteiger partial charge in [0.25, 0.3) is 0 Å². The minimum absolute atomic E-state index is 0.00106. The van der Waals surface area contributed by atoms with Gasteiger partial charge in [0.15, 0.2) is 0 Å². The van der Waals surface area contributed by atoms with Crippen molar-refractivity contribution in [3.63, 3.8) is 0 Å². The van der Waals surface area contributed by atoms with Gasteiger partial charge in [0.05, 0.1) is 12.3 Å². The first-order valence-electron chi connectivity index (χ1n) is 5.98. The van der Waals surface area contributed by atoms with E-state index < -0.39 is 0 Å². The van der Waals surface area contributed by atoms with Crippen molar-refractivity contribution in [2.45, 2.75) is 57.8 Å². The summed E-state index contributed by atoms with van der Waals surface area (Å²) in [6.07, 6.45) is 3.42. The van der Waals surface area contributed by atoms with E-state index in [2.05, 4.69) is 27.7 Å². The quantitative estimate of drug-likeness (QED) is 0.860. The normalized spacial score (nSPS) is 19.6. The minimum atomic E-state index is -0.00106. The van der Waals surface area contributed by atoms with Crippen molar-refractivity contribution in [2.24, 2.45) is 0 Å². The van der Waals surface area contributed by atoms with E-state index in [1.807, 2.05) is 0 Å². The highest BCUT2D eigenvalue weighted by Crippen LogP contribution is 2.46. The largest absolute Gasteiger partial charge is 0.395 e. The Bertz CT molecular complexity index is 380. The van der Waals surface area contributed by atoms with Crippen LogP contribution in [-0.4, -0.2) is 16.7 Å². The average molecular weight is 239 g/mol. The van der Waals surface area contributed by atoms with E-state index >= 15 is 0 Å². The van der Waals surface area contributed by atoms with Crippen LogP contribution < -0.4 is 0 Å². The summed E-state index contributed by atoms with van der Waals surface area (Å²) in [6, 6.07) is 0. The Hall–Kier alpha value is -0.410. The van der Waals surface area contributed by atoms with Crippen molar-refractivity contribution >= 4 is 11.3 Å². The topological polar surface area (TPSA) is 33.1 Å². The van der Waals surface area contributed by atoms with Crippen molar-refractivity contribution in [3.8, 4) is 0 Å². The molecular formula is C13H21NOS. The summed E-state index contributed by atoms with van der Waals surface area (Å²) < 4.78 is 0. The number of rotatable bonds is 2. The number of aliphatic hydroxyl groups excluding tert-OH is 1. The van der Waals surface area contributed by atoms with Crippen LogP contribution in [-0.2, 0) is 10.8 Å². The lowest BCUT2D eigenvalue weighted by Crippen LogP contribution is -2.38. The molecule has 2 rings (SSSR count). The molecule has 0 aromatic carbocycles. The van der Waals surface area contributed by atoms with Gasteiger partial charge < -0.3 is 5.11 Å². The molecule has 0 bridgehead atoms. The maximum atomic E-state index is 9.56. The molecule has 0 amide bonds. The summed E-state index contributed by atoms with van der Waals surface area (Å²) >= 11 is 1.78. The smallest absolute Gasteiger partial charge is 0.102 e. The van der Waals surface area contributed by atoms with E-state index in [-0.39, 0.29) is 17.4 Å². The molecule has 16 heavy (non-hydrogen) atoms. The molecule has 2 nitrogen and oxygen atoms in total. The number of aromatic nitrogens is 1. The lowest BCUT2D eigenvalue weighted by Gasteiger charge is -2.38. The number of hydrogen-bond acceptors (Lipinski definition) is 3. The first-order chi connectivity index (χ1) is 7.39. The Kier molecular flexibility index (Phi) is 2.87. The zero-order valence-electron chi connectivity index (χ0n) is 10.6. The predicted molar refractivity (Wildman–Crippen MR) is 68.2 cm³/mol. The number of thiazole rings is 1. The highest BCUT2D eigenvalue weighted by Gasteiger charge is 2.41. The molecule has 0 spiro atoms. The molecule has 1 heterocycles. The third-order valence-electron chi connectivity index (χ3n) is 3.57. The monoisotopic (exact) mass is 239 g/mol. The van der Waals surface area contributed by atoms with Crippen molar-refractivity contribution in [1.29, 1.82) is 0 Å². The van der Waals surface area contributed by atoms with Crippen molar-refractivity contribution < 1.29 is 5.11 Å². The lowest BCUT2D eigenvalue weighted by atomic mass is 9.70. The number of aryl methyl sites for hydroxylation is 1. The van der Waals surface area contributed by atoms with Gasteiger partial charge in [0.1, 0.15) is 5.01 Å². The van der Waals surface area contributed by atoms with Crippen LogP contribution in [0.5, 0.6) is 0 Å². The van der Waals surface area contributed by atoms with E-state index in [0.717, 1.165) is 17.8 Å². The van der Waals surface area contributed by atoms with Gasteiger partial charge in [-0.15, -0.1) is 11.3 Å². The molecule has 90 valence electrons. The van der Waals surface area contributed by atoms with Crippen LogP contribution in [0.2, 0.25) is 0 Å². The maximum Gasteiger partial charge on any atom is 0.102 e. The Morgan fingerprint density at radius 1 is 1.38 bits per heavy atom. The molecule has 1 aromatic rings. The summed E-state index contributed by atoms with van der Waals surface area (Å²) in [5.74, 6) is 0. The number of nitrogens with zero attached hydrogens (tertiary/aromatic N) is 1. The van der Waals surface area contributed by atoms with Crippen LogP contribution in [0.4, 0.5) is 0 Å². The van der Waals surface area contributed by atoms with E-state index in [9.17, 15) is 5.11 Å². The molecule has 1 N–H and O–H groups in total. The summed E-state index contributed by atoms with van der Waals surface area (Å²) in [5.41, 5.74) is 1.31. The van der Waals surface area contributed by atoms with Gasteiger partial charge in [-0.05, 0) is 19.8 Å². The fourth-order valence-electron chi connectivity index (χ4n) is 2.36. The van der Waals surface area contributed by atoms with Gasteiger partial charge in [0, 0.05) is 15.7 Å². The molecule has 0 unspecified atom stereocenters. The zero-order valence-corrected chi connectivity index (χ0v) is 11.4. The Balaban J connectivity index is 2.38. The van der Waals surface area contributed by atoms with Crippen LogP contribution in [0.25, 0.3) is 0 Å². The van der Waals surface area contributed by atoms with E-state index in [4.69, 9.17) is 4.98 Å². The zero-order chi connectivity index (χ0) is 12.0. The third-order valence-corrected chi connectivity index (χ3v) is 4.79. The molecule has 1 aromatic heterocycles. The molecule has 0 aliphatic heterocycles. The molecule has 1 saturated carbocycles. The average Bonchev–Trinajstić information content (AvgIpc) is 2.46. The number of hydrogen-bond donors (Lipinski definition) is 1. The predicted octanol–water partition coefficient (Wildman–Crippen LogP) is 3.16. The van der Waals surface area contributed by atoms with Gasteiger partial charge in [-0.25, -0.2) is 4.98 Å². The van der Waals surface area contributed by atoms with Crippen LogP contribution in [0, 0.1) is 6.92 Å². The third kappa shape index (κ3) is 1.80. The molecule has 1 fully saturated rings. The summed E-state index contributed by atoms with van der Waals surface area (Å²) in [5, 5.41) is 10.7. The van der Waals surface area contributed by atoms with Crippen LogP contribution in [0.15, 0.2) is 0 Å². The highest BCUT2D eigenvalue weighted by atomic mass is 32.1. The van der Waals surface area contributed by atoms with Crippen molar-refractivity contribution in [1.82, 2.24) is 4.98 Å². The van der Waals surface area contributed by atoms with E-state index in [0.29, 0.717) is 0 Å². The molecule has 0 radical (unpaired) electrons. The molecular weight excluding hydrogens is 218 g/mol. The fourth-order valence-corrected chi connectivity index (χ4v) is 3.72. The maximum absolute atomic E-state index is 9.56. The van der Waals surface area contributed by atoms with Gasteiger partial charge in [-0.1, -0.05) is 27.2 Å². The van der Waals surface area contributed by atoms with Gasteiger partial charge >= 0.3 is 0 Å². The summed E-state index contributed by atoms with van der Waals surface area (Å²) in [7, 11) is 0. The van der Waals surface area contributed by atoms with Crippen molar-refractivity contribution in [2.75, 3.05) is 6.61 Å². The van der Waals surface area contributed by atoms with E-state index in [1.165, 1.54) is 17.0 Å². The van der Waals surface area contributed by atoms with Gasteiger partial charge in [-0.2, -0.15) is 0 Å². The standard InChI is InChI=1S/C13H21NOS/c1-9-10(12(2,3)4)14-11(16-9)13(8-15)6-5-7-13/h15H,5-8H2,1-4H3. The Morgan fingerprint density at radius 3 is 2.31 bits per heavy atom. The van der Waals surface area contributed by atoms with Gasteiger partial charge in [-0.3, -0.25) is 0 Å².